The van der Waals surface area contributed by atoms with Crippen LogP contribution in [-0.2, 0) is 0 Å². The summed E-state index contributed by atoms with van der Waals surface area (Å²) in [7, 11) is 0. The quantitative estimate of drug-likeness (QED) is 0.548. The molecule has 1 saturated heterocycles. The van der Waals surface area contributed by atoms with Crippen LogP contribution >= 0.6 is 15.9 Å². The van der Waals surface area contributed by atoms with Crippen molar-refractivity contribution < 1.29 is 4.79 Å². The number of carbonyl (C=O) groups excluding carboxylic acids is 1. The van der Waals surface area contributed by atoms with E-state index in [1.165, 1.54) is 50.8 Å². The second-order valence-electron chi connectivity index (χ2n) is 9.58. The predicted octanol–water partition coefficient (Wildman–Crippen LogP) is 5.76. The lowest BCUT2D eigenvalue weighted by Crippen LogP contribution is -2.51. The summed E-state index contributed by atoms with van der Waals surface area (Å²) in [6, 6.07) is 7.85. The molecule has 1 aromatic rings. The number of rotatable bonds is 6. The number of piperidine rings is 1. The molecule has 1 N–H and O–H groups in total. The second kappa shape index (κ2) is 8.81. The van der Waals surface area contributed by atoms with Gasteiger partial charge in [0.1, 0.15) is 0 Å². The zero-order valence-electron chi connectivity index (χ0n) is 17.8. The third kappa shape index (κ3) is 4.72. The van der Waals surface area contributed by atoms with Crippen LogP contribution in [0, 0.1) is 17.3 Å². The molecule has 1 saturated carbocycles. The van der Waals surface area contributed by atoms with Crippen LogP contribution in [0.4, 0.5) is 10.5 Å². The van der Waals surface area contributed by atoms with E-state index in [2.05, 4.69) is 46.1 Å². The van der Waals surface area contributed by atoms with Crippen LogP contribution in [0.2, 0.25) is 0 Å². The Kier molecular flexibility index (Phi) is 6.35. The van der Waals surface area contributed by atoms with Gasteiger partial charge in [-0.3, -0.25) is 0 Å². The molecule has 29 heavy (non-hydrogen) atoms. The summed E-state index contributed by atoms with van der Waals surface area (Å²) in [6.07, 6.45) is 8.81. The highest BCUT2D eigenvalue weighted by atomic mass is 79.9. The Bertz CT molecular complexity index is 752. The zero-order valence-corrected chi connectivity index (χ0v) is 19.4. The van der Waals surface area contributed by atoms with Gasteiger partial charge in [-0.05, 0) is 80.3 Å². The normalized spacial score (nSPS) is 25.7. The number of benzene rings is 1. The first kappa shape index (κ1) is 20.9. The highest BCUT2D eigenvalue weighted by Gasteiger charge is 2.51. The minimum Gasteiger partial charge on any atom is -0.319 e. The molecule has 2 atom stereocenters. The predicted molar refractivity (Wildman–Crippen MR) is 123 cm³/mol. The number of nitrogens with zero attached hydrogens (tertiary/aromatic N) is 2. The first-order chi connectivity index (χ1) is 13.9. The third-order valence-electron chi connectivity index (χ3n) is 7.47. The molecule has 1 heterocycles. The van der Waals surface area contributed by atoms with E-state index in [-0.39, 0.29) is 6.03 Å². The van der Waals surface area contributed by atoms with Crippen LogP contribution < -0.4 is 5.32 Å². The van der Waals surface area contributed by atoms with Gasteiger partial charge >= 0.3 is 6.03 Å². The number of fused-ring (bicyclic) bond motifs is 1. The number of amides is 2. The summed E-state index contributed by atoms with van der Waals surface area (Å²) in [5, 5.41) is 3.12. The minimum atomic E-state index is 0.0180. The summed E-state index contributed by atoms with van der Waals surface area (Å²) < 4.78 is 1.02. The number of hydrogen-bond acceptors (Lipinski definition) is 2. The van der Waals surface area contributed by atoms with Gasteiger partial charge in [0.15, 0.2) is 0 Å². The summed E-state index contributed by atoms with van der Waals surface area (Å²) in [4.78, 5) is 17.7. The van der Waals surface area contributed by atoms with E-state index in [9.17, 15) is 4.79 Å². The number of halogens is 1. The largest absolute Gasteiger partial charge is 0.322 e. The molecule has 2 amide bonds. The van der Waals surface area contributed by atoms with Crippen molar-refractivity contribution in [2.24, 2.45) is 17.3 Å². The fourth-order valence-corrected chi connectivity index (χ4v) is 5.57. The van der Waals surface area contributed by atoms with Gasteiger partial charge in [-0.2, -0.15) is 0 Å². The van der Waals surface area contributed by atoms with Crippen molar-refractivity contribution in [2.45, 2.75) is 46.0 Å². The Morgan fingerprint density at radius 2 is 1.93 bits per heavy atom. The SMILES string of the molecule is CC1(C)C2CC=C(CN(CCN3CCCCC3)C(=O)Nc3ccc(Br)cc3)C1C2. The maximum Gasteiger partial charge on any atom is 0.322 e. The maximum absolute atomic E-state index is 13.2. The molecule has 0 radical (unpaired) electrons. The minimum absolute atomic E-state index is 0.0180. The van der Waals surface area contributed by atoms with E-state index in [4.69, 9.17) is 0 Å². The number of anilines is 1. The Hall–Kier alpha value is -1.33. The van der Waals surface area contributed by atoms with Crippen molar-refractivity contribution in [1.82, 2.24) is 9.80 Å². The Labute approximate surface area is 183 Å². The molecule has 1 aliphatic heterocycles. The highest BCUT2D eigenvalue weighted by Crippen LogP contribution is 2.59. The molecule has 4 nitrogen and oxygen atoms in total. The van der Waals surface area contributed by atoms with E-state index in [0.29, 0.717) is 11.3 Å². The van der Waals surface area contributed by atoms with Crippen molar-refractivity contribution in [3.63, 3.8) is 0 Å². The lowest BCUT2D eigenvalue weighted by Gasteiger charge is -2.57. The van der Waals surface area contributed by atoms with Crippen LogP contribution in [0.15, 0.2) is 40.4 Å². The van der Waals surface area contributed by atoms with Crippen molar-refractivity contribution in [1.29, 1.82) is 0 Å². The van der Waals surface area contributed by atoms with Crippen molar-refractivity contribution >= 4 is 27.6 Å². The standard InChI is InChI=1S/C24H34BrN3O/c1-24(2)19-7-6-18(22(24)16-19)17-28(15-14-27-12-4-3-5-13-27)23(29)26-21-10-8-20(25)9-11-21/h6,8-11,19,22H,3-5,7,12-17H2,1-2H3,(H,26,29). The number of nitrogens with one attached hydrogen (secondary N) is 1. The van der Waals surface area contributed by atoms with Crippen LogP contribution in [0.1, 0.15) is 46.0 Å². The van der Waals surface area contributed by atoms with Crippen molar-refractivity contribution in [2.75, 3.05) is 38.0 Å². The molecule has 2 unspecified atom stereocenters. The van der Waals surface area contributed by atoms with Gasteiger partial charge in [0.25, 0.3) is 0 Å². The molecule has 158 valence electrons. The smallest absolute Gasteiger partial charge is 0.319 e. The number of likely N-dealkylation sites (tertiary alicyclic amines) is 1. The fourth-order valence-electron chi connectivity index (χ4n) is 5.31. The molecule has 1 aromatic carbocycles. The molecular weight excluding hydrogens is 426 g/mol. The van der Waals surface area contributed by atoms with Gasteiger partial charge in [-0.15, -0.1) is 0 Å². The number of carbonyl (C=O) groups is 1. The van der Waals surface area contributed by atoms with Crippen LogP contribution in [0.25, 0.3) is 0 Å². The molecule has 0 spiro atoms. The first-order valence-electron chi connectivity index (χ1n) is 11.2. The summed E-state index contributed by atoms with van der Waals surface area (Å²) in [6.45, 7) is 9.66. The zero-order chi connectivity index (χ0) is 20.4. The van der Waals surface area contributed by atoms with Gasteiger partial charge in [-0.1, -0.05) is 47.8 Å². The summed E-state index contributed by atoms with van der Waals surface area (Å²) in [5.41, 5.74) is 2.72. The lowest BCUT2D eigenvalue weighted by atomic mass is 9.49. The summed E-state index contributed by atoms with van der Waals surface area (Å²) in [5.74, 6) is 1.47. The monoisotopic (exact) mass is 459 g/mol. The average Bonchev–Trinajstić information content (AvgIpc) is 2.73. The van der Waals surface area contributed by atoms with E-state index >= 15 is 0 Å². The number of urea groups is 1. The maximum atomic E-state index is 13.2. The molecule has 5 heteroatoms. The molecule has 0 aromatic heterocycles. The van der Waals surface area contributed by atoms with E-state index in [1.807, 2.05) is 29.2 Å². The Morgan fingerprint density at radius 1 is 1.21 bits per heavy atom. The number of allylic oxidation sites excluding steroid dienone is 1. The van der Waals surface area contributed by atoms with E-state index < -0.39 is 0 Å². The molecule has 3 aliphatic carbocycles. The van der Waals surface area contributed by atoms with Crippen molar-refractivity contribution in [3.05, 3.63) is 40.4 Å². The molecular formula is C24H34BrN3O. The van der Waals surface area contributed by atoms with Gasteiger partial charge in [-0.25, -0.2) is 4.79 Å². The first-order valence-corrected chi connectivity index (χ1v) is 12.0. The highest BCUT2D eigenvalue weighted by molar-refractivity contribution is 9.10. The molecule has 4 aliphatic rings. The summed E-state index contributed by atoms with van der Waals surface area (Å²) >= 11 is 3.46. The second-order valence-corrected chi connectivity index (χ2v) is 10.5. The van der Waals surface area contributed by atoms with Crippen molar-refractivity contribution in [3.8, 4) is 0 Å². The molecule has 2 fully saturated rings. The van der Waals surface area contributed by atoms with Crippen LogP contribution in [0.5, 0.6) is 0 Å². The van der Waals surface area contributed by atoms with Crippen LogP contribution in [-0.4, -0.2) is 48.6 Å². The van der Waals surface area contributed by atoms with E-state index in [1.54, 1.807) is 0 Å². The fraction of sp³-hybridized carbons (Fsp3) is 0.625. The average molecular weight is 460 g/mol. The lowest BCUT2D eigenvalue weighted by molar-refractivity contribution is -0.00966. The van der Waals surface area contributed by atoms with Gasteiger partial charge in [0, 0.05) is 29.8 Å². The third-order valence-corrected chi connectivity index (χ3v) is 8.00. The van der Waals surface area contributed by atoms with E-state index in [0.717, 1.165) is 35.7 Å². The molecule has 5 rings (SSSR count). The molecule has 2 bridgehead atoms. The Morgan fingerprint density at radius 3 is 2.59 bits per heavy atom. The van der Waals surface area contributed by atoms with Crippen LogP contribution in [0.3, 0.4) is 0 Å². The number of hydrogen-bond donors (Lipinski definition) is 1. The topological polar surface area (TPSA) is 35.6 Å². The van der Waals surface area contributed by atoms with Gasteiger partial charge in [0.05, 0.1) is 0 Å². The van der Waals surface area contributed by atoms with Gasteiger partial charge < -0.3 is 15.1 Å². The van der Waals surface area contributed by atoms with Gasteiger partial charge in [0.2, 0.25) is 0 Å². The Balaban J connectivity index is 1.43.